The maximum absolute atomic E-state index is 12.7. The number of esters is 1. The number of amides is 2. The van der Waals surface area contributed by atoms with E-state index < -0.39 is 29.2 Å². The summed E-state index contributed by atoms with van der Waals surface area (Å²) in [6.07, 6.45) is 3.42. The van der Waals surface area contributed by atoms with Gasteiger partial charge in [0, 0.05) is 11.1 Å². The number of fused-ring (bicyclic) bond motifs is 1. The highest BCUT2D eigenvalue weighted by molar-refractivity contribution is 8.00. The van der Waals surface area contributed by atoms with Gasteiger partial charge >= 0.3 is 5.97 Å². The van der Waals surface area contributed by atoms with Gasteiger partial charge in [-0.2, -0.15) is 0 Å². The number of ether oxygens (including phenoxy) is 1. The van der Waals surface area contributed by atoms with Gasteiger partial charge in [0.1, 0.15) is 36.5 Å². The maximum Gasteiger partial charge on any atom is 0.355 e. The number of carbonyl (C=O) groups excluding carboxylic acids is 3. The molecule has 0 aliphatic carbocycles. The molecular weight excluding hydrogens is 430 g/mol. The minimum absolute atomic E-state index is 0.0885. The summed E-state index contributed by atoms with van der Waals surface area (Å²) in [7, 11) is 1.30. The standard InChI is InChI=1S/C18H21N5O5S2/c1-9(2)4-6-28-17(26)11-5-7-29-16-13(15(25)23(11)16)21-14(24)12(22-27-3)10-8-30-18(19)20-10/h4-5,8,13,16H,6-7H2,1-3H3,(H2,19,20)(H,21,24)/t13?,16-/m0/s1. The first-order valence-corrected chi connectivity index (χ1v) is 10.8. The van der Waals surface area contributed by atoms with Crippen molar-refractivity contribution in [2.45, 2.75) is 25.3 Å². The van der Waals surface area contributed by atoms with Crippen LogP contribution in [0.3, 0.4) is 0 Å². The molecule has 10 nitrogen and oxygen atoms in total. The van der Waals surface area contributed by atoms with Crippen LogP contribution in [0.2, 0.25) is 0 Å². The fourth-order valence-electron chi connectivity index (χ4n) is 2.79. The lowest BCUT2D eigenvalue weighted by atomic mass is 10.0. The van der Waals surface area contributed by atoms with E-state index in [4.69, 9.17) is 15.3 Å². The van der Waals surface area contributed by atoms with E-state index in [0.717, 1.165) is 16.9 Å². The molecule has 2 atom stereocenters. The number of thioether (sulfide) groups is 1. The second-order valence-electron chi connectivity index (χ2n) is 6.55. The molecule has 1 aromatic heterocycles. The molecule has 160 valence electrons. The van der Waals surface area contributed by atoms with Gasteiger partial charge in [0.25, 0.3) is 11.8 Å². The number of rotatable bonds is 7. The summed E-state index contributed by atoms with van der Waals surface area (Å²) in [4.78, 5) is 47.8. The molecule has 0 spiro atoms. The number of nitrogens with one attached hydrogen (secondary N) is 1. The lowest BCUT2D eigenvalue weighted by molar-refractivity contribution is -0.151. The molecule has 3 heterocycles. The Labute approximate surface area is 181 Å². The van der Waals surface area contributed by atoms with Crippen molar-refractivity contribution in [2.24, 2.45) is 5.16 Å². The molecule has 2 aliphatic heterocycles. The monoisotopic (exact) mass is 451 g/mol. The Morgan fingerprint density at radius 2 is 2.23 bits per heavy atom. The SMILES string of the molecule is CON=C(C(=O)NC1C(=O)N2C(C(=O)OCC=C(C)C)=CCS[C@@H]12)c1csc(N)n1. The van der Waals surface area contributed by atoms with E-state index in [2.05, 4.69) is 15.5 Å². The van der Waals surface area contributed by atoms with Crippen LogP contribution in [-0.2, 0) is 24.0 Å². The zero-order valence-corrected chi connectivity index (χ0v) is 18.2. The molecule has 0 bridgehead atoms. The summed E-state index contributed by atoms with van der Waals surface area (Å²) in [5.41, 5.74) is 6.99. The number of thiazole rings is 1. The van der Waals surface area contributed by atoms with Crippen LogP contribution in [0, 0.1) is 0 Å². The van der Waals surface area contributed by atoms with E-state index in [1.54, 1.807) is 17.5 Å². The number of nitrogens with zero attached hydrogens (tertiary/aromatic N) is 3. The van der Waals surface area contributed by atoms with Crippen LogP contribution >= 0.6 is 23.1 Å². The molecule has 1 unspecified atom stereocenters. The molecule has 1 aromatic rings. The van der Waals surface area contributed by atoms with Crippen molar-refractivity contribution in [3.05, 3.63) is 34.5 Å². The largest absolute Gasteiger partial charge is 0.457 e. The van der Waals surface area contributed by atoms with Gasteiger partial charge in [-0.1, -0.05) is 10.7 Å². The second-order valence-corrected chi connectivity index (χ2v) is 8.59. The van der Waals surface area contributed by atoms with Crippen LogP contribution < -0.4 is 11.1 Å². The van der Waals surface area contributed by atoms with Gasteiger partial charge in [-0.25, -0.2) is 9.78 Å². The molecule has 3 N–H and O–H groups in total. The van der Waals surface area contributed by atoms with Gasteiger partial charge in [-0.3, -0.25) is 14.5 Å². The average Bonchev–Trinajstić information content (AvgIpc) is 3.14. The average molecular weight is 452 g/mol. The fraction of sp³-hybridized carbons (Fsp3) is 0.389. The Kier molecular flexibility index (Phi) is 6.77. The molecule has 0 radical (unpaired) electrons. The van der Waals surface area contributed by atoms with E-state index in [-0.39, 0.29) is 28.8 Å². The van der Waals surface area contributed by atoms with E-state index >= 15 is 0 Å². The summed E-state index contributed by atoms with van der Waals surface area (Å²) >= 11 is 2.58. The Morgan fingerprint density at radius 1 is 1.47 bits per heavy atom. The number of hydrogen-bond donors (Lipinski definition) is 2. The molecule has 3 rings (SSSR count). The summed E-state index contributed by atoms with van der Waals surface area (Å²) in [5, 5.41) is 7.79. The summed E-state index contributed by atoms with van der Waals surface area (Å²) in [5.74, 6) is -1.09. The molecule has 2 aliphatic rings. The molecule has 2 amide bonds. The number of β-lactam (4-membered cyclic amide) rings is 1. The van der Waals surface area contributed by atoms with E-state index in [0.29, 0.717) is 5.75 Å². The highest BCUT2D eigenvalue weighted by atomic mass is 32.2. The van der Waals surface area contributed by atoms with Gasteiger partial charge in [0.2, 0.25) is 0 Å². The Hall–Kier alpha value is -2.86. The minimum atomic E-state index is -0.810. The van der Waals surface area contributed by atoms with Gasteiger partial charge in [0.05, 0.1) is 0 Å². The number of carbonyl (C=O) groups is 3. The molecule has 0 aromatic carbocycles. The fourth-order valence-corrected chi connectivity index (χ4v) is 4.53. The van der Waals surface area contributed by atoms with Crippen LogP contribution in [0.25, 0.3) is 0 Å². The summed E-state index contributed by atoms with van der Waals surface area (Å²) < 4.78 is 5.21. The van der Waals surface area contributed by atoms with Crippen LogP contribution in [0.15, 0.2) is 34.0 Å². The predicted molar refractivity (Wildman–Crippen MR) is 114 cm³/mol. The lowest BCUT2D eigenvalue weighted by Gasteiger charge is -2.48. The highest BCUT2D eigenvalue weighted by Gasteiger charge is 2.53. The number of allylic oxidation sites excluding steroid dienone is 1. The van der Waals surface area contributed by atoms with Gasteiger partial charge in [-0.15, -0.1) is 23.1 Å². The highest BCUT2D eigenvalue weighted by Crippen LogP contribution is 2.37. The smallest absolute Gasteiger partial charge is 0.355 e. The van der Waals surface area contributed by atoms with Crippen molar-refractivity contribution in [3.63, 3.8) is 0 Å². The van der Waals surface area contributed by atoms with Crippen LogP contribution in [0.4, 0.5) is 5.13 Å². The predicted octanol–water partition coefficient (Wildman–Crippen LogP) is 0.869. The number of nitrogens with two attached hydrogens (primary N) is 1. The molecule has 12 heteroatoms. The summed E-state index contributed by atoms with van der Waals surface area (Å²) in [6.45, 7) is 3.92. The lowest BCUT2D eigenvalue weighted by Crippen LogP contribution is -2.70. The molecule has 0 saturated carbocycles. The van der Waals surface area contributed by atoms with Crippen LogP contribution in [0.5, 0.6) is 0 Å². The first kappa shape index (κ1) is 21.8. The second kappa shape index (κ2) is 9.30. The minimum Gasteiger partial charge on any atom is -0.457 e. The van der Waals surface area contributed by atoms with E-state index in [1.807, 2.05) is 13.8 Å². The third-order valence-corrected chi connectivity index (χ3v) is 6.07. The molecular formula is C18H21N5O5S2. The number of nitrogen functional groups attached to an aromatic ring is 1. The van der Waals surface area contributed by atoms with E-state index in [1.165, 1.54) is 23.8 Å². The molecule has 1 fully saturated rings. The zero-order valence-electron chi connectivity index (χ0n) is 16.6. The van der Waals surface area contributed by atoms with Crippen molar-refractivity contribution < 1.29 is 24.0 Å². The maximum atomic E-state index is 12.7. The Balaban J connectivity index is 1.67. The number of aromatic nitrogens is 1. The van der Waals surface area contributed by atoms with Crippen molar-refractivity contribution in [1.82, 2.24) is 15.2 Å². The van der Waals surface area contributed by atoms with Crippen LogP contribution in [0.1, 0.15) is 19.5 Å². The van der Waals surface area contributed by atoms with Gasteiger partial charge < -0.3 is 20.6 Å². The molecule has 30 heavy (non-hydrogen) atoms. The molecule has 1 saturated heterocycles. The Morgan fingerprint density at radius 3 is 2.87 bits per heavy atom. The first-order valence-electron chi connectivity index (χ1n) is 8.92. The number of anilines is 1. The third kappa shape index (κ3) is 4.49. The topological polar surface area (TPSA) is 136 Å². The zero-order chi connectivity index (χ0) is 21.8. The number of hydrogen-bond acceptors (Lipinski definition) is 10. The van der Waals surface area contributed by atoms with Crippen molar-refractivity contribution >= 4 is 51.7 Å². The summed E-state index contributed by atoms with van der Waals surface area (Å²) in [6, 6.07) is -0.810. The van der Waals surface area contributed by atoms with Crippen molar-refractivity contribution in [3.8, 4) is 0 Å². The number of oxime groups is 1. The Bertz CT molecular complexity index is 951. The quantitative estimate of drug-likeness (QED) is 0.205. The van der Waals surface area contributed by atoms with Gasteiger partial charge in [0.15, 0.2) is 10.8 Å². The van der Waals surface area contributed by atoms with Crippen molar-refractivity contribution in [2.75, 3.05) is 25.2 Å². The van der Waals surface area contributed by atoms with Crippen LogP contribution in [-0.4, -0.2) is 64.3 Å². The van der Waals surface area contributed by atoms with Crippen molar-refractivity contribution in [1.29, 1.82) is 0 Å². The first-order chi connectivity index (χ1) is 14.3. The van der Waals surface area contributed by atoms with Gasteiger partial charge in [-0.05, 0) is 26.0 Å². The van der Waals surface area contributed by atoms with E-state index in [9.17, 15) is 14.4 Å². The third-order valence-electron chi connectivity index (χ3n) is 4.21. The normalized spacial score (nSPS) is 20.5.